The molecule has 1 rings (SSSR count). The van der Waals surface area contributed by atoms with Gasteiger partial charge in [0.15, 0.2) is 0 Å². The topological polar surface area (TPSA) is 75.3 Å². The highest BCUT2D eigenvalue weighted by Gasteiger charge is 1.93. The molecule has 0 fully saturated rings. The minimum atomic E-state index is -0.502. The van der Waals surface area contributed by atoms with E-state index >= 15 is 0 Å². The molecule has 70 valence electrons. The van der Waals surface area contributed by atoms with Gasteiger partial charge in [-0.05, 0) is 12.1 Å². The van der Waals surface area contributed by atoms with Crippen LogP contribution in [0.4, 0.5) is 0 Å². The van der Waals surface area contributed by atoms with Crippen molar-refractivity contribution in [3.8, 4) is 6.07 Å². The largest absolute Gasteiger partial charge is 0.331 e. The number of nitriles is 1. The summed E-state index contributed by atoms with van der Waals surface area (Å²) in [6, 6.07) is 5.06. The SMILES string of the molecule is CC(=O)O/N=C/c1cc(C#N)ccn1. The van der Waals surface area contributed by atoms with Crippen LogP contribution in [0.2, 0.25) is 0 Å². The van der Waals surface area contributed by atoms with Crippen molar-refractivity contribution in [2.24, 2.45) is 5.16 Å². The quantitative estimate of drug-likeness (QED) is 0.392. The zero-order valence-electron chi connectivity index (χ0n) is 7.47. The normalized spacial score (nSPS) is 9.71. The first kappa shape index (κ1) is 9.86. The molecule has 0 N–H and O–H groups in total. The van der Waals surface area contributed by atoms with E-state index in [9.17, 15) is 4.79 Å². The number of oxime groups is 1. The maximum Gasteiger partial charge on any atom is 0.331 e. The van der Waals surface area contributed by atoms with Crippen LogP contribution >= 0.6 is 0 Å². The monoisotopic (exact) mass is 189 g/mol. The Morgan fingerprint density at radius 2 is 2.57 bits per heavy atom. The van der Waals surface area contributed by atoms with Gasteiger partial charge < -0.3 is 4.84 Å². The summed E-state index contributed by atoms with van der Waals surface area (Å²) in [5.74, 6) is -0.502. The summed E-state index contributed by atoms with van der Waals surface area (Å²) < 4.78 is 0. The van der Waals surface area contributed by atoms with Crippen molar-refractivity contribution >= 4 is 12.2 Å². The molecule has 14 heavy (non-hydrogen) atoms. The molecule has 0 saturated heterocycles. The molecule has 0 spiro atoms. The Bertz CT molecular complexity index is 407. The number of carbonyl (C=O) groups excluding carboxylic acids is 1. The highest BCUT2D eigenvalue weighted by atomic mass is 16.7. The molecule has 1 heterocycles. The van der Waals surface area contributed by atoms with E-state index in [0.717, 1.165) is 0 Å². The van der Waals surface area contributed by atoms with Gasteiger partial charge in [-0.25, -0.2) is 4.79 Å². The molecule has 0 saturated carbocycles. The Hall–Kier alpha value is -2.22. The number of nitrogens with zero attached hydrogens (tertiary/aromatic N) is 3. The molecule has 5 nitrogen and oxygen atoms in total. The summed E-state index contributed by atoms with van der Waals surface area (Å²) in [5.41, 5.74) is 0.939. The molecule has 0 bridgehead atoms. The first-order chi connectivity index (χ1) is 6.72. The molecule has 0 unspecified atom stereocenters. The van der Waals surface area contributed by atoms with E-state index < -0.39 is 5.97 Å². The van der Waals surface area contributed by atoms with Crippen LogP contribution in [0.25, 0.3) is 0 Å². The molecule has 5 heteroatoms. The van der Waals surface area contributed by atoms with Gasteiger partial charge in [-0.15, -0.1) is 0 Å². The van der Waals surface area contributed by atoms with E-state index in [1.807, 2.05) is 6.07 Å². The average molecular weight is 189 g/mol. The van der Waals surface area contributed by atoms with Crippen LogP contribution in [0.15, 0.2) is 23.5 Å². The second kappa shape index (κ2) is 4.72. The summed E-state index contributed by atoms with van der Waals surface area (Å²) in [6.07, 6.45) is 2.75. The fourth-order valence-corrected chi connectivity index (χ4v) is 0.743. The van der Waals surface area contributed by atoms with Crippen LogP contribution in [0, 0.1) is 11.3 Å². The fraction of sp³-hybridized carbons (Fsp3) is 0.111. The van der Waals surface area contributed by atoms with Crippen molar-refractivity contribution in [1.29, 1.82) is 5.26 Å². The smallest absolute Gasteiger partial charge is 0.319 e. The molecular weight excluding hydrogens is 182 g/mol. The average Bonchev–Trinajstić information content (AvgIpc) is 2.18. The van der Waals surface area contributed by atoms with Gasteiger partial charge in [0.05, 0.1) is 23.5 Å². The summed E-state index contributed by atoms with van der Waals surface area (Å²) in [5, 5.41) is 11.9. The lowest BCUT2D eigenvalue weighted by Gasteiger charge is -1.92. The van der Waals surface area contributed by atoms with Crippen LogP contribution in [0.1, 0.15) is 18.2 Å². The predicted molar refractivity (Wildman–Crippen MR) is 48.3 cm³/mol. The number of pyridine rings is 1. The second-order valence-corrected chi connectivity index (χ2v) is 2.40. The van der Waals surface area contributed by atoms with Crippen LogP contribution < -0.4 is 0 Å². The van der Waals surface area contributed by atoms with Crippen LogP contribution in [-0.4, -0.2) is 17.2 Å². The molecule has 0 aliphatic rings. The third kappa shape index (κ3) is 3.03. The van der Waals surface area contributed by atoms with Crippen molar-refractivity contribution in [3.63, 3.8) is 0 Å². The minimum absolute atomic E-state index is 0.463. The van der Waals surface area contributed by atoms with E-state index in [-0.39, 0.29) is 0 Å². The highest BCUT2D eigenvalue weighted by Crippen LogP contribution is 1.97. The minimum Gasteiger partial charge on any atom is -0.319 e. The maximum absolute atomic E-state index is 10.3. The molecule has 0 aliphatic carbocycles. The van der Waals surface area contributed by atoms with Gasteiger partial charge in [0.2, 0.25) is 0 Å². The van der Waals surface area contributed by atoms with Crippen molar-refractivity contribution in [2.45, 2.75) is 6.92 Å². The Kier molecular flexibility index (Phi) is 3.33. The first-order valence-electron chi connectivity index (χ1n) is 3.79. The summed E-state index contributed by atoms with van der Waals surface area (Å²) >= 11 is 0. The van der Waals surface area contributed by atoms with Gasteiger partial charge in [-0.2, -0.15) is 5.26 Å². The van der Waals surface area contributed by atoms with Crippen molar-refractivity contribution < 1.29 is 9.63 Å². The van der Waals surface area contributed by atoms with Crippen molar-refractivity contribution in [3.05, 3.63) is 29.6 Å². The molecule has 0 aliphatic heterocycles. The molecule has 0 atom stereocenters. The second-order valence-electron chi connectivity index (χ2n) is 2.40. The predicted octanol–water partition coefficient (Wildman–Crippen LogP) is 0.850. The lowest BCUT2D eigenvalue weighted by molar-refractivity contribution is -0.140. The van der Waals surface area contributed by atoms with E-state index in [4.69, 9.17) is 5.26 Å². The Morgan fingerprint density at radius 3 is 3.21 bits per heavy atom. The Morgan fingerprint density at radius 1 is 1.79 bits per heavy atom. The van der Waals surface area contributed by atoms with E-state index in [1.165, 1.54) is 25.4 Å². The fourth-order valence-electron chi connectivity index (χ4n) is 0.743. The molecule has 0 aromatic carbocycles. The summed E-state index contributed by atoms with van der Waals surface area (Å²) in [7, 11) is 0. The maximum atomic E-state index is 10.3. The van der Waals surface area contributed by atoms with Gasteiger partial charge in [-0.3, -0.25) is 4.98 Å². The van der Waals surface area contributed by atoms with Crippen molar-refractivity contribution in [2.75, 3.05) is 0 Å². The standard InChI is InChI=1S/C9H7N3O2/c1-7(13)14-12-6-9-4-8(5-10)2-3-11-9/h2-4,6H,1H3/b12-6+. The number of carbonyl (C=O) groups is 1. The van der Waals surface area contributed by atoms with Crippen molar-refractivity contribution in [1.82, 2.24) is 4.98 Å². The van der Waals surface area contributed by atoms with E-state index in [2.05, 4.69) is 15.0 Å². The number of hydrogen-bond acceptors (Lipinski definition) is 5. The van der Waals surface area contributed by atoms with Gasteiger partial charge in [-0.1, -0.05) is 5.16 Å². The van der Waals surface area contributed by atoms with Gasteiger partial charge in [0, 0.05) is 13.1 Å². The highest BCUT2D eigenvalue weighted by molar-refractivity contribution is 5.77. The zero-order valence-corrected chi connectivity index (χ0v) is 7.47. The third-order valence-electron chi connectivity index (χ3n) is 1.28. The Balaban J connectivity index is 2.72. The molecule has 0 radical (unpaired) electrons. The number of aromatic nitrogens is 1. The van der Waals surface area contributed by atoms with Gasteiger partial charge in [0.25, 0.3) is 0 Å². The van der Waals surface area contributed by atoms with Crippen LogP contribution in [0.3, 0.4) is 0 Å². The number of hydrogen-bond donors (Lipinski definition) is 0. The molecular formula is C9H7N3O2. The van der Waals surface area contributed by atoms with E-state index in [1.54, 1.807) is 6.07 Å². The van der Waals surface area contributed by atoms with Crippen LogP contribution in [-0.2, 0) is 9.63 Å². The molecule has 1 aromatic rings. The summed E-state index contributed by atoms with van der Waals surface area (Å²) in [4.78, 5) is 18.6. The third-order valence-corrected chi connectivity index (χ3v) is 1.28. The number of rotatable bonds is 2. The zero-order chi connectivity index (χ0) is 10.4. The summed E-state index contributed by atoms with van der Waals surface area (Å²) in [6.45, 7) is 1.25. The first-order valence-corrected chi connectivity index (χ1v) is 3.79. The van der Waals surface area contributed by atoms with Gasteiger partial charge in [0.1, 0.15) is 0 Å². The van der Waals surface area contributed by atoms with Crippen LogP contribution in [0.5, 0.6) is 0 Å². The van der Waals surface area contributed by atoms with Gasteiger partial charge >= 0.3 is 5.97 Å². The molecule has 1 aromatic heterocycles. The Labute approximate surface area is 80.6 Å². The van der Waals surface area contributed by atoms with E-state index in [0.29, 0.717) is 11.3 Å². The molecule has 0 amide bonds. The lowest BCUT2D eigenvalue weighted by Crippen LogP contribution is -1.93. The lowest BCUT2D eigenvalue weighted by atomic mass is 10.2.